The normalized spacial score (nSPS) is 20.6. The van der Waals surface area contributed by atoms with Crippen molar-refractivity contribution in [3.05, 3.63) is 34.9 Å². The van der Waals surface area contributed by atoms with Gasteiger partial charge in [-0.3, -0.25) is 0 Å². The van der Waals surface area contributed by atoms with Crippen molar-refractivity contribution in [1.29, 1.82) is 0 Å². The molecule has 0 saturated carbocycles. The predicted molar refractivity (Wildman–Crippen MR) is 69.9 cm³/mol. The average molecular weight is 217 g/mol. The Hall–Kier alpha value is -0.820. The fourth-order valence-electron chi connectivity index (χ4n) is 2.47. The summed E-state index contributed by atoms with van der Waals surface area (Å²) in [5.74, 6) is 0. The van der Waals surface area contributed by atoms with Crippen molar-refractivity contribution in [1.82, 2.24) is 5.32 Å². The van der Waals surface area contributed by atoms with Gasteiger partial charge in [0.05, 0.1) is 0 Å². The number of hydrogen-bond acceptors (Lipinski definition) is 1. The summed E-state index contributed by atoms with van der Waals surface area (Å²) >= 11 is 0. The highest BCUT2D eigenvalue weighted by molar-refractivity contribution is 5.38. The van der Waals surface area contributed by atoms with Crippen LogP contribution in [-0.4, -0.2) is 6.54 Å². The third-order valence-electron chi connectivity index (χ3n) is 3.58. The maximum Gasteiger partial charge on any atom is 0.0320 e. The fourth-order valence-corrected chi connectivity index (χ4v) is 2.47. The van der Waals surface area contributed by atoms with Gasteiger partial charge in [0, 0.05) is 6.04 Å². The summed E-state index contributed by atoms with van der Waals surface area (Å²) in [6, 6.07) is 7.61. The Morgan fingerprint density at radius 3 is 2.69 bits per heavy atom. The highest BCUT2D eigenvalue weighted by Crippen LogP contribution is 2.30. The van der Waals surface area contributed by atoms with E-state index in [1.807, 2.05) is 0 Å². The van der Waals surface area contributed by atoms with E-state index in [0.29, 0.717) is 6.04 Å². The fraction of sp³-hybridized carbons (Fsp3) is 0.600. The number of nitrogens with one attached hydrogen (secondary N) is 1. The van der Waals surface area contributed by atoms with E-state index in [0.717, 1.165) is 6.54 Å². The summed E-state index contributed by atoms with van der Waals surface area (Å²) in [5.41, 5.74) is 4.78. The van der Waals surface area contributed by atoms with Crippen LogP contribution < -0.4 is 5.32 Å². The first kappa shape index (κ1) is 11.7. The smallest absolute Gasteiger partial charge is 0.0320 e. The molecule has 0 bridgehead atoms. The first-order valence-corrected chi connectivity index (χ1v) is 6.39. The predicted octanol–water partition coefficient (Wildman–Crippen LogP) is 3.58. The molecule has 88 valence electrons. The van der Waals surface area contributed by atoms with E-state index in [2.05, 4.69) is 51.2 Å². The van der Waals surface area contributed by atoms with Crippen LogP contribution in [0.4, 0.5) is 0 Å². The van der Waals surface area contributed by atoms with Gasteiger partial charge in [0.2, 0.25) is 0 Å². The monoisotopic (exact) mass is 217 g/mol. The van der Waals surface area contributed by atoms with Crippen LogP contribution >= 0.6 is 0 Å². The van der Waals surface area contributed by atoms with E-state index in [1.165, 1.54) is 24.0 Å². The molecule has 0 fully saturated rings. The van der Waals surface area contributed by atoms with Crippen LogP contribution in [0.3, 0.4) is 0 Å². The zero-order valence-corrected chi connectivity index (χ0v) is 10.9. The van der Waals surface area contributed by atoms with E-state index in [4.69, 9.17) is 0 Å². The zero-order valence-electron chi connectivity index (χ0n) is 10.9. The molecular weight excluding hydrogens is 194 g/mol. The van der Waals surface area contributed by atoms with Gasteiger partial charge in [-0.1, -0.05) is 45.9 Å². The lowest BCUT2D eigenvalue weighted by Crippen LogP contribution is -2.29. The molecule has 0 aromatic heterocycles. The third kappa shape index (κ3) is 2.15. The second-order valence-electron chi connectivity index (χ2n) is 5.83. The lowest BCUT2D eigenvalue weighted by molar-refractivity contribution is 0.489. The molecule has 0 saturated heterocycles. The molecule has 1 N–H and O–H groups in total. The van der Waals surface area contributed by atoms with Crippen molar-refractivity contribution in [3.8, 4) is 0 Å². The lowest BCUT2D eigenvalue weighted by atomic mass is 9.82. The van der Waals surface area contributed by atoms with Crippen LogP contribution in [0, 0.1) is 0 Å². The summed E-state index contributed by atoms with van der Waals surface area (Å²) in [6.07, 6.45) is 2.36. The SMILES string of the molecule is CCC1NCCc2ccc(C(C)(C)C)cc21. The molecule has 2 rings (SSSR count). The van der Waals surface area contributed by atoms with E-state index in [-0.39, 0.29) is 5.41 Å². The Balaban J connectivity index is 2.43. The minimum Gasteiger partial charge on any atom is -0.310 e. The second-order valence-corrected chi connectivity index (χ2v) is 5.83. The lowest BCUT2D eigenvalue weighted by Gasteiger charge is -2.29. The maximum atomic E-state index is 3.60. The van der Waals surface area contributed by atoms with Crippen LogP contribution in [0.2, 0.25) is 0 Å². The quantitative estimate of drug-likeness (QED) is 0.758. The van der Waals surface area contributed by atoms with E-state index >= 15 is 0 Å². The molecule has 1 aliphatic heterocycles. The van der Waals surface area contributed by atoms with Gasteiger partial charge < -0.3 is 5.32 Å². The van der Waals surface area contributed by atoms with Gasteiger partial charge >= 0.3 is 0 Å². The van der Waals surface area contributed by atoms with Crippen LogP contribution in [-0.2, 0) is 11.8 Å². The van der Waals surface area contributed by atoms with Gasteiger partial charge in [0.1, 0.15) is 0 Å². The molecule has 1 atom stereocenters. The molecule has 1 heteroatoms. The summed E-state index contributed by atoms with van der Waals surface area (Å²) in [4.78, 5) is 0. The minimum atomic E-state index is 0.255. The molecule has 0 aliphatic carbocycles. The third-order valence-corrected chi connectivity index (χ3v) is 3.58. The summed E-state index contributed by atoms with van der Waals surface area (Å²) in [7, 11) is 0. The van der Waals surface area contributed by atoms with E-state index in [1.54, 1.807) is 5.56 Å². The molecule has 1 heterocycles. The van der Waals surface area contributed by atoms with Crippen molar-refractivity contribution in [2.24, 2.45) is 0 Å². The van der Waals surface area contributed by atoms with Gasteiger partial charge in [-0.05, 0) is 41.5 Å². The Labute approximate surface area is 99.3 Å². The summed E-state index contributed by atoms with van der Waals surface area (Å²) < 4.78 is 0. The first-order valence-electron chi connectivity index (χ1n) is 6.39. The molecule has 1 nitrogen and oxygen atoms in total. The van der Waals surface area contributed by atoms with Crippen molar-refractivity contribution in [2.45, 2.75) is 52.0 Å². The van der Waals surface area contributed by atoms with Crippen molar-refractivity contribution < 1.29 is 0 Å². The molecule has 0 amide bonds. The highest BCUT2D eigenvalue weighted by Gasteiger charge is 2.21. The standard InChI is InChI=1S/C15H23N/c1-5-14-13-10-12(15(2,3)4)7-6-11(13)8-9-16-14/h6-7,10,14,16H,5,8-9H2,1-4H3. The molecule has 1 unspecified atom stereocenters. The summed E-state index contributed by atoms with van der Waals surface area (Å²) in [5, 5.41) is 3.60. The van der Waals surface area contributed by atoms with Gasteiger partial charge in [-0.25, -0.2) is 0 Å². The topological polar surface area (TPSA) is 12.0 Å². The average Bonchev–Trinajstić information content (AvgIpc) is 2.26. The van der Waals surface area contributed by atoms with Gasteiger partial charge in [0.25, 0.3) is 0 Å². The Bertz CT molecular complexity index is 374. The number of rotatable bonds is 1. The molecule has 0 radical (unpaired) electrons. The molecular formula is C15H23N. The molecule has 0 spiro atoms. The zero-order chi connectivity index (χ0) is 11.8. The van der Waals surface area contributed by atoms with Gasteiger partial charge in [0.15, 0.2) is 0 Å². The molecule has 16 heavy (non-hydrogen) atoms. The number of benzene rings is 1. The highest BCUT2D eigenvalue weighted by atomic mass is 14.9. The largest absolute Gasteiger partial charge is 0.310 e. The first-order chi connectivity index (χ1) is 7.52. The van der Waals surface area contributed by atoms with Crippen LogP contribution in [0.1, 0.15) is 56.8 Å². The number of hydrogen-bond donors (Lipinski definition) is 1. The molecule has 1 aromatic rings. The van der Waals surface area contributed by atoms with Gasteiger partial charge in [-0.2, -0.15) is 0 Å². The Kier molecular flexibility index (Phi) is 3.07. The van der Waals surface area contributed by atoms with E-state index < -0.39 is 0 Å². The maximum absolute atomic E-state index is 3.60. The summed E-state index contributed by atoms with van der Waals surface area (Å²) in [6.45, 7) is 10.2. The van der Waals surface area contributed by atoms with Crippen molar-refractivity contribution in [2.75, 3.05) is 6.54 Å². The van der Waals surface area contributed by atoms with Crippen molar-refractivity contribution >= 4 is 0 Å². The van der Waals surface area contributed by atoms with Crippen LogP contribution in [0.25, 0.3) is 0 Å². The molecule has 1 aliphatic rings. The second kappa shape index (κ2) is 4.21. The van der Waals surface area contributed by atoms with Crippen LogP contribution in [0.15, 0.2) is 18.2 Å². The van der Waals surface area contributed by atoms with E-state index in [9.17, 15) is 0 Å². The Morgan fingerprint density at radius 1 is 1.31 bits per heavy atom. The van der Waals surface area contributed by atoms with Crippen LogP contribution in [0.5, 0.6) is 0 Å². The molecule has 1 aromatic carbocycles. The Morgan fingerprint density at radius 2 is 2.06 bits per heavy atom. The number of fused-ring (bicyclic) bond motifs is 1. The van der Waals surface area contributed by atoms with Gasteiger partial charge in [-0.15, -0.1) is 0 Å². The minimum absolute atomic E-state index is 0.255. The van der Waals surface area contributed by atoms with Crippen molar-refractivity contribution in [3.63, 3.8) is 0 Å².